The molecule has 1 fully saturated rings. The summed E-state index contributed by atoms with van der Waals surface area (Å²) >= 11 is 0. The van der Waals surface area contributed by atoms with Crippen LogP contribution in [0.15, 0.2) is 12.7 Å². The predicted molar refractivity (Wildman–Crippen MR) is 182 cm³/mol. The minimum atomic E-state index is -2.29. The van der Waals surface area contributed by atoms with E-state index in [0.29, 0.717) is 29.9 Å². The molecule has 246 valence electrons. The summed E-state index contributed by atoms with van der Waals surface area (Å²) in [5.41, 5.74) is 1.72. The van der Waals surface area contributed by atoms with Crippen LogP contribution in [0.25, 0.3) is 11.2 Å². The summed E-state index contributed by atoms with van der Waals surface area (Å²) < 4.78 is 30.3. The Kier molecular flexibility index (Phi) is 10.4. The first-order valence-electron chi connectivity index (χ1n) is 15.8. The topological polar surface area (TPSA) is 101 Å². The first-order chi connectivity index (χ1) is 19.3. The van der Waals surface area contributed by atoms with E-state index in [1.54, 1.807) is 6.33 Å². The summed E-state index contributed by atoms with van der Waals surface area (Å²) in [7, 11) is -6.62. The van der Waals surface area contributed by atoms with E-state index in [-0.39, 0.29) is 27.3 Å². The number of nitrogens with zero attached hydrogens (tertiary/aromatic N) is 4. The second-order valence-electron chi connectivity index (χ2n) is 16.8. The molecular formula is C31H60N4O5Si3. The van der Waals surface area contributed by atoms with Crippen molar-refractivity contribution in [2.75, 3.05) is 6.61 Å². The molecule has 43 heavy (non-hydrogen) atoms. The number of aliphatic hydroxyl groups is 1. The van der Waals surface area contributed by atoms with E-state index < -0.39 is 43.4 Å². The van der Waals surface area contributed by atoms with Crippen molar-refractivity contribution in [3.8, 4) is 0 Å². The van der Waals surface area contributed by atoms with E-state index in [1.165, 1.54) is 6.33 Å². The number of aromatic nitrogens is 4. The first-order valence-corrected chi connectivity index (χ1v) is 24.6. The van der Waals surface area contributed by atoms with E-state index in [1.807, 2.05) is 11.5 Å². The van der Waals surface area contributed by atoms with Crippen LogP contribution in [0, 0.1) is 0 Å². The van der Waals surface area contributed by atoms with Gasteiger partial charge in [0.2, 0.25) is 0 Å². The van der Waals surface area contributed by atoms with Gasteiger partial charge in [-0.25, -0.2) is 15.0 Å². The average molecular weight is 653 g/mol. The fourth-order valence-corrected chi connectivity index (χ4v) is 7.99. The zero-order valence-corrected chi connectivity index (χ0v) is 32.8. The van der Waals surface area contributed by atoms with Crippen LogP contribution in [0.1, 0.15) is 93.7 Å². The summed E-state index contributed by atoms with van der Waals surface area (Å²) in [4.78, 5) is 13.7. The second-order valence-corrected chi connectivity index (χ2v) is 31.2. The van der Waals surface area contributed by atoms with Gasteiger partial charge in [0.15, 0.2) is 36.8 Å². The molecule has 2 aromatic heterocycles. The van der Waals surface area contributed by atoms with Gasteiger partial charge in [-0.2, -0.15) is 0 Å². The van der Waals surface area contributed by atoms with Crippen LogP contribution in [0.2, 0.25) is 54.4 Å². The van der Waals surface area contributed by atoms with Crippen LogP contribution in [-0.2, 0) is 18.0 Å². The van der Waals surface area contributed by atoms with Gasteiger partial charge in [-0.1, -0.05) is 69.2 Å². The Hall–Kier alpha value is -0.999. The Morgan fingerprint density at radius 1 is 0.814 bits per heavy atom. The zero-order chi connectivity index (χ0) is 33.0. The maximum atomic E-state index is 10.7. The number of rotatable bonds is 10. The fourth-order valence-electron chi connectivity index (χ4n) is 4.37. The van der Waals surface area contributed by atoms with Gasteiger partial charge in [-0.15, -0.1) is 0 Å². The molecular weight excluding hydrogens is 593 g/mol. The lowest BCUT2D eigenvalue weighted by Gasteiger charge is -2.44. The molecule has 0 amide bonds. The lowest BCUT2D eigenvalue weighted by atomic mass is 10.1. The maximum absolute atomic E-state index is 10.7. The number of ether oxygens (including phenoxy) is 1. The Labute approximate surface area is 263 Å². The van der Waals surface area contributed by atoms with Gasteiger partial charge in [0.05, 0.1) is 19.0 Å². The van der Waals surface area contributed by atoms with E-state index in [9.17, 15) is 5.11 Å². The van der Waals surface area contributed by atoms with Crippen LogP contribution < -0.4 is 0 Å². The standard InChI is InChI=1S/C31H60N4O5Si3/c1-17-21(36)23-24-27(33-19-32-23)35(20-34-24)28-26(40-43(15,16)31(8,9)10)25(39-42(13,14)30(5,6)7)22(38-28)18-37-41(11,12)29(2,3)4/h19-22,25-26,28,36H,17-18H2,1-16H3/t21?,22-,25-,26-,28-/m1/s1. The van der Waals surface area contributed by atoms with Gasteiger partial charge < -0.3 is 23.1 Å². The van der Waals surface area contributed by atoms with Crippen LogP contribution in [0.5, 0.6) is 0 Å². The fraction of sp³-hybridized carbons (Fsp3) is 0.839. The smallest absolute Gasteiger partial charge is 0.192 e. The minimum absolute atomic E-state index is 0.00241. The molecule has 0 spiro atoms. The molecule has 3 heterocycles. The van der Waals surface area contributed by atoms with Crippen LogP contribution in [0.3, 0.4) is 0 Å². The monoisotopic (exact) mass is 652 g/mol. The minimum Gasteiger partial charge on any atom is -0.414 e. The van der Waals surface area contributed by atoms with Crippen molar-refractivity contribution in [3.05, 3.63) is 18.3 Å². The molecule has 0 radical (unpaired) electrons. The molecule has 9 nitrogen and oxygen atoms in total. The predicted octanol–water partition coefficient (Wildman–Crippen LogP) is 7.97. The Bertz CT molecular complexity index is 1250. The number of fused-ring (bicyclic) bond motifs is 1. The second kappa shape index (κ2) is 12.3. The van der Waals surface area contributed by atoms with Crippen molar-refractivity contribution in [1.29, 1.82) is 0 Å². The van der Waals surface area contributed by atoms with Crippen molar-refractivity contribution < 1.29 is 23.1 Å². The molecule has 2 aromatic rings. The van der Waals surface area contributed by atoms with Gasteiger partial charge >= 0.3 is 0 Å². The van der Waals surface area contributed by atoms with Gasteiger partial charge in [0.25, 0.3) is 0 Å². The van der Waals surface area contributed by atoms with Crippen molar-refractivity contribution in [2.45, 2.75) is 161 Å². The third-order valence-electron chi connectivity index (χ3n) is 10.5. The van der Waals surface area contributed by atoms with E-state index in [4.69, 9.17) is 23.0 Å². The normalized spacial score (nSPS) is 23.7. The lowest BCUT2D eigenvalue weighted by Crippen LogP contribution is -2.54. The number of aliphatic hydroxyl groups excluding tert-OH is 1. The van der Waals surface area contributed by atoms with Crippen LogP contribution in [0.4, 0.5) is 0 Å². The highest BCUT2D eigenvalue weighted by Gasteiger charge is 2.55. The summed E-state index contributed by atoms with van der Waals surface area (Å²) in [6.07, 6.45) is 1.42. The average Bonchev–Trinajstić information content (AvgIpc) is 3.41. The summed E-state index contributed by atoms with van der Waals surface area (Å²) in [5, 5.41) is 10.7. The molecule has 1 aliphatic rings. The van der Waals surface area contributed by atoms with Gasteiger partial charge in [-0.3, -0.25) is 4.57 Å². The van der Waals surface area contributed by atoms with Crippen molar-refractivity contribution in [3.63, 3.8) is 0 Å². The number of hydrogen-bond acceptors (Lipinski definition) is 8. The Balaban J connectivity index is 2.19. The quantitative estimate of drug-likeness (QED) is 0.258. The van der Waals surface area contributed by atoms with Gasteiger partial charge in [0.1, 0.15) is 35.8 Å². The molecule has 1 aliphatic heterocycles. The molecule has 3 rings (SSSR count). The highest BCUT2D eigenvalue weighted by Crippen LogP contribution is 2.47. The van der Waals surface area contributed by atoms with E-state index in [0.717, 1.165) is 0 Å². The summed E-state index contributed by atoms with van der Waals surface area (Å²) in [6, 6.07) is 0. The zero-order valence-electron chi connectivity index (χ0n) is 29.8. The third kappa shape index (κ3) is 7.53. The molecule has 0 bridgehead atoms. The summed E-state index contributed by atoms with van der Waals surface area (Å²) in [5.74, 6) is 0. The SMILES string of the molecule is CCC(O)c1ncnc2c1ncn2[C@@H]1O[C@H](CO[Si](C)(C)C(C)(C)C)[C@@H](O[Si](C)(C)C(C)(C)C)[C@H]1O[Si](C)(C)C(C)(C)C. The molecule has 1 unspecified atom stereocenters. The molecule has 0 saturated carbocycles. The Morgan fingerprint density at radius 2 is 1.33 bits per heavy atom. The molecule has 1 N–H and O–H groups in total. The largest absolute Gasteiger partial charge is 0.414 e. The van der Waals surface area contributed by atoms with E-state index in [2.05, 4.69) is 112 Å². The van der Waals surface area contributed by atoms with Crippen LogP contribution >= 0.6 is 0 Å². The highest BCUT2D eigenvalue weighted by molar-refractivity contribution is 6.75. The van der Waals surface area contributed by atoms with Gasteiger partial charge in [-0.05, 0) is 60.8 Å². The molecule has 0 aliphatic carbocycles. The highest BCUT2D eigenvalue weighted by atomic mass is 28.4. The first kappa shape index (κ1) is 36.5. The lowest BCUT2D eigenvalue weighted by molar-refractivity contribution is -0.0470. The molecule has 5 atom stereocenters. The molecule has 1 saturated heterocycles. The summed E-state index contributed by atoms with van der Waals surface area (Å²) in [6.45, 7) is 36.3. The van der Waals surface area contributed by atoms with E-state index >= 15 is 0 Å². The maximum Gasteiger partial charge on any atom is 0.192 e. The third-order valence-corrected chi connectivity index (χ3v) is 24.0. The number of imidazole rings is 1. The Morgan fingerprint density at radius 3 is 1.81 bits per heavy atom. The molecule has 0 aromatic carbocycles. The van der Waals surface area contributed by atoms with Crippen molar-refractivity contribution in [1.82, 2.24) is 19.5 Å². The van der Waals surface area contributed by atoms with Gasteiger partial charge in [0, 0.05) is 0 Å². The molecule has 12 heteroatoms. The van der Waals surface area contributed by atoms with Crippen LogP contribution in [-0.4, -0.2) is 74.5 Å². The van der Waals surface area contributed by atoms with Crippen molar-refractivity contribution in [2.24, 2.45) is 0 Å². The van der Waals surface area contributed by atoms with Crippen molar-refractivity contribution >= 4 is 36.1 Å². The number of hydrogen-bond donors (Lipinski definition) is 1.